The Labute approximate surface area is 103 Å². The van der Waals surface area contributed by atoms with Gasteiger partial charge in [-0.05, 0) is 22.9 Å². The first-order chi connectivity index (χ1) is 7.65. The molecule has 6 heteroatoms. The SMILES string of the molecule is COCC(C)NCCn1cncc(Br)c1=O. The second kappa shape index (κ2) is 6.78. The third-order valence-corrected chi connectivity index (χ3v) is 2.67. The fourth-order valence-electron chi connectivity index (χ4n) is 1.32. The Morgan fingerprint density at radius 3 is 3.12 bits per heavy atom. The van der Waals surface area contributed by atoms with E-state index >= 15 is 0 Å². The first kappa shape index (κ1) is 13.3. The second-order valence-corrected chi connectivity index (χ2v) is 4.40. The Kier molecular flexibility index (Phi) is 5.65. The molecule has 0 saturated heterocycles. The number of halogens is 1. The lowest BCUT2D eigenvalue weighted by atomic mass is 10.3. The molecule has 0 bridgehead atoms. The van der Waals surface area contributed by atoms with Crippen molar-refractivity contribution in [3.05, 3.63) is 27.4 Å². The van der Waals surface area contributed by atoms with Gasteiger partial charge in [0.05, 0.1) is 12.9 Å². The molecule has 0 aliphatic carbocycles. The quantitative estimate of drug-likeness (QED) is 0.835. The van der Waals surface area contributed by atoms with E-state index in [4.69, 9.17) is 4.74 Å². The van der Waals surface area contributed by atoms with E-state index in [0.717, 1.165) is 0 Å². The lowest BCUT2D eigenvalue weighted by Crippen LogP contribution is -2.34. The van der Waals surface area contributed by atoms with E-state index in [1.54, 1.807) is 11.7 Å². The monoisotopic (exact) mass is 289 g/mol. The number of nitrogens with zero attached hydrogens (tertiary/aromatic N) is 2. The zero-order chi connectivity index (χ0) is 12.0. The highest BCUT2D eigenvalue weighted by atomic mass is 79.9. The van der Waals surface area contributed by atoms with Crippen LogP contribution in [0.2, 0.25) is 0 Å². The fraction of sp³-hybridized carbons (Fsp3) is 0.600. The molecule has 0 aliphatic heterocycles. The van der Waals surface area contributed by atoms with Crippen molar-refractivity contribution in [1.29, 1.82) is 0 Å². The Bertz CT molecular complexity index is 381. The van der Waals surface area contributed by atoms with Crippen LogP contribution in [-0.4, -0.2) is 35.9 Å². The molecule has 0 aliphatic rings. The Balaban J connectivity index is 2.43. The Morgan fingerprint density at radius 1 is 1.69 bits per heavy atom. The molecule has 0 amide bonds. The van der Waals surface area contributed by atoms with E-state index in [0.29, 0.717) is 24.2 Å². The first-order valence-corrected chi connectivity index (χ1v) is 5.86. The maximum Gasteiger partial charge on any atom is 0.267 e. The zero-order valence-electron chi connectivity index (χ0n) is 9.44. The molecule has 0 spiro atoms. The molecule has 1 rings (SSSR count). The molecule has 16 heavy (non-hydrogen) atoms. The fourth-order valence-corrected chi connectivity index (χ4v) is 1.67. The van der Waals surface area contributed by atoms with Gasteiger partial charge in [-0.15, -0.1) is 0 Å². The van der Waals surface area contributed by atoms with E-state index in [1.807, 2.05) is 6.92 Å². The molecular formula is C10H16BrN3O2. The van der Waals surface area contributed by atoms with Crippen molar-refractivity contribution in [2.45, 2.75) is 19.5 Å². The maximum absolute atomic E-state index is 11.6. The number of nitrogens with one attached hydrogen (secondary N) is 1. The van der Waals surface area contributed by atoms with Crippen LogP contribution < -0.4 is 10.9 Å². The third-order valence-electron chi connectivity index (χ3n) is 2.12. The average molecular weight is 290 g/mol. The van der Waals surface area contributed by atoms with Gasteiger partial charge in [0.25, 0.3) is 5.56 Å². The van der Waals surface area contributed by atoms with Crippen LogP contribution in [0.1, 0.15) is 6.92 Å². The van der Waals surface area contributed by atoms with Gasteiger partial charge >= 0.3 is 0 Å². The summed E-state index contributed by atoms with van der Waals surface area (Å²) in [4.78, 5) is 15.5. The molecule has 1 heterocycles. The van der Waals surface area contributed by atoms with E-state index in [1.165, 1.54) is 12.5 Å². The van der Waals surface area contributed by atoms with Crippen LogP contribution in [0, 0.1) is 0 Å². The highest BCUT2D eigenvalue weighted by Crippen LogP contribution is 1.97. The van der Waals surface area contributed by atoms with Gasteiger partial charge in [0.2, 0.25) is 0 Å². The molecule has 1 unspecified atom stereocenters. The molecule has 1 aromatic rings. The second-order valence-electron chi connectivity index (χ2n) is 3.55. The minimum atomic E-state index is -0.0591. The number of rotatable bonds is 6. The van der Waals surface area contributed by atoms with Crippen molar-refractivity contribution in [1.82, 2.24) is 14.9 Å². The summed E-state index contributed by atoms with van der Waals surface area (Å²) < 4.78 is 7.05. The van der Waals surface area contributed by atoms with Gasteiger partial charge in [0.1, 0.15) is 4.47 Å². The maximum atomic E-state index is 11.6. The van der Waals surface area contributed by atoms with Gasteiger partial charge < -0.3 is 10.1 Å². The number of ether oxygens (including phenoxy) is 1. The van der Waals surface area contributed by atoms with E-state index < -0.39 is 0 Å². The Morgan fingerprint density at radius 2 is 2.44 bits per heavy atom. The predicted molar refractivity (Wildman–Crippen MR) is 65.5 cm³/mol. The van der Waals surface area contributed by atoms with E-state index in [2.05, 4.69) is 26.2 Å². The standard InChI is InChI=1S/C10H16BrN3O2/c1-8(6-16-2)13-3-4-14-7-12-5-9(11)10(14)15/h5,7-8,13H,3-4,6H2,1-2H3. The van der Waals surface area contributed by atoms with Crippen molar-refractivity contribution >= 4 is 15.9 Å². The van der Waals surface area contributed by atoms with E-state index in [-0.39, 0.29) is 11.6 Å². The number of hydrogen-bond acceptors (Lipinski definition) is 4. The molecule has 1 N–H and O–H groups in total. The lowest BCUT2D eigenvalue weighted by molar-refractivity contribution is 0.172. The summed E-state index contributed by atoms with van der Waals surface area (Å²) in [5.41, 5.74) is -0.0591. The molecule has 90 valence electrons. The highest BCUT2D eigenvalue weighted by molar-refractivity contribution is 9.10. The van der Waals surface area contributed by atoms with Crippen molar-refractivity contribution in [2.24, 2.45) is 0 Å². The van der Waals surface area contributed by atoms with E-state index in [9.17, 15) is 4.79 Å². The minimum absolute atomic E-state index is 0.0591. The predicted octanol–water partition coefficient (Wildman–Crippen LogP) is 0.630. The van der Waals surface area contributed by atoms with Crippen LogP contribution in [0.25, 0.3) is 0 Å². The van der Waals surface area contributed by atoms with Gasteiger partial charge in [-0.3, -0.25) is 9.36 Å². The van der Waals surface area contributed by atoms with Crippen molar-refractivity contribution < 1.29 is 4.74 Å². The van der Waals surface area contributed by atoms with Gasteiger partial charge in [-0.1, -0.05) is 0 Å². The number of hydrogen-bond donors (Lipinski definition) is 1. The number of aromatic nitrogens is 2. The minimum Gasteiger partial charge on any atom is -0.383 e. The molecule has 0 saturated carbocycles. The first-order valence-electron chi connectivity index (χ1n) is 5.07. The van der Waals surface area contributed by atoms with Crippen LogP contribution in [-0.2, 0) is 11.3 Å². The molecule has 1 aromatic heterocycles. The summed E-state index contributed by atoms with van der Waals surface area (Å²) in [5.74, 6) is 0. The molecule has 5 nitrogen and oxygen atoms in total. The van der Waals surface area contributed by atoms with Crippen LogP contribution in [0.4, 0.5) is 0 Å². The summed E-state index contributed by atoms with van der Waals surface area (Å²) in [6.45, 7) is 4.00. The van der Waals surface area contributed by atoms with Gasteiger partial charge in [-0.25, -0.2) is 4.98 Å². The van der Waals surface area contributed by atoms with Gasteiger partial charge in [-0.2, -0.15) is 0 Å². The van der Waals surface area contributed by atoms with Crippen molar-refractivity contribution in [3.8, 4) is 0 Å². The highest BCUT2D eigenvalue weighted by Gasteiger charge is 2.02. The summed E-state index contributed by atoms with van der Waals surface area (Å²) in [6.07, 6.45) is 3.04. The summed E-state index contributed by atoms with van der Waals surface area (Å²) >= 11 is 3.16. The summed E-state index contributed by atoms with van der Waals surface area (Å²) in [5, 5.41) is 3.25. The van der Waals surface area contributed by atoms with Crippen LogP contribution in [0.15, 0.2) is 21.8 Å². The smallest absolute Gasteiger partial charge is 0.267 e. The van der Waals surface area contributed by atoms with Crippen LogP contribution in [0.5, 0.6) is 0 Å². The molecule has 0 radical (unpaired) electrons. The zero-order valence-corrected chi connectivity index (χ0v) is 11.0. The number of methoxy groups -OCH3 is 1. The normalized spacial score (nSPS) is 12.7. The summed E-state index contributed by atoms with van der Waals surface area (Å²) in [7, 11) is 1.67. The van der Waals surface area contributed by atoms with Crippen LogP contribution in [0.3, 0.4) is 0 Å². The van der Waals surface area contributed by atoms with Crippen molar-refractivity contribution in [3.63, 3.8) is 0 Å². The summed E-state index contributed by atoms with van der Waals surface area (Å²) in [6, 6.07) is 0.279. The largest absolute Gasteiger partial charge is 0.383 e. The van der Waals surface area contributed by atoms with Gasteiger partial charge in [0.15, 0.2) is 0 Å². The average Bonchev–Trinajstić information content (AvgIpc) is 2.25. The Hall–Kier alpha value is -0.720. The molecule has 0 fully saturated rings. The molecule has 1 atom stereocenters. The van der Waals surface area contributed by atoms with Gasteiger partial charge in [0, 0.05) is 32.4 Å². The topological polar surface area (TPSA) is 56.1 Å². The van der Waals surface area contributed by atoms with Crippen LogP contribution >= 0.6 is 15.9 Å². The molecular weight excluding hydrogens is 274 g/mol. The molecule has 0 aromatic carbocycles. The van der Waals surface area contributed by atoms with Crippen molar-refractivity contribution in [2.75, 3.05) is 20.3 Å². The lowest BCUT2D eigenvalue weighted by Gasteiger charge is -2.13. The third kappa shape index (κ3) is 4.03.